The maximum atomic E-state index is 12.3. The van der Waals surface area contributed by atoms with Gasteiger partial charge in [-0.25, -0.2) is 0 Å². The molecule has 0 radical (unpaired) electrons. The van der Waals surface area contributed by atoms with Crippen molar-refractivity contribution in [3.8, 4) is 0 Å². The summed E-state index contributed by atoms with van der Waals surface area (Å²) in [5.41, 5.74) is 1.22. The van der Waals surface area contributed by atoms with Crippen molar-refractivity contribution in [2.45, 2.75) is 53.4 Å². The molecule has 1 aliphatic rings. The summed E-state index contributed by atoms with van der Waals surface area (Å²) >= 11 is 0. The second-order valence-electron chi connectivity index (χ2n) is 8.22. The molecule has 1 aliphatic heterocycles. The number of rotatable bonds is 5. The summed E-state index contributed by atoms with van der Waals surface area (Å²) in [4.78, 5) is 12.3. The summed E-state index contributed by atoms with van der Waals surface area (Å²) in [6.07, 6.45) is 3.92. The third-order valence-electron chi connectivity index (χ3n) is 4.56. The number of nitrogens with one attached hydrogen (secondary N) is 2. The van der Waals surface area contributed by atoms with Gasteiger partial charge in [-0.05, 0) is 49.6 Å². The molecule has 1 aromatic rings. The van der Waals surface area contributed by atoms with E-state index < -0.39 is 0 Å². The Morgan fingerprint density at radius 1 is 1.52 bits per heavy atom. The molecule has 1 amide bonds. The summed E-state index contributed by atoms with van der Waals surface area (Å²) < 4.78 is 1.77. The largest absolute Gasteiger partial charge is 0.316 e. The smallest absolute Gasteiger partial charge is 0.225 e. The molecule has 0 saturated carbocycles. The quantitative estimate of drug-likeness (QED) is 0.877. The Morgan fingerprint density at radius 2 is 2.26 bits per heavy atom. The van der Waals surface area contributed by atoms with Gasteiger partial charge >= 0.3 is 0 Å². The summed E-state index contributed by atoms with van der Waals surface area (Å²) in [7, 11) is 1.89. The van der Waals surface area contributed by atoms with E-state index in [1.807, 2.05) is 13.1 Å². The fourth-order valence-electron chi connectivity index (χ4n) is 3.29. The van der Waals surface area contributed by atoms with Crippen LogP contribution < -0.4 is 10.6 Å². The molecule has 2 rings (SSSR count). The molecular formula is C18H32N4O. The van der Waals surface area contributed by atoms with Crippen LogP contribution in [0.15, 0.2) is 6.07 Å². The number of nitrogens with zero attached hydrogens (tertiary/aromatic N) is 2. The number of anilines is 1. The van der Waals surface area contributed by atoms with Crippen LogP contribution in [0.25, 0.3) is 0 Å². The zero-order chi connectivity index (χ0) is 17.0. The van der Waals surface area contributed by atoms with Crippen LogP contribution in [-0.4, -0.2) is 28.8 Å². The normalized spacial score (nSPS) is 20.3. The van der Waals surface area contributed by atoms with Gasteiger partial charge in [0, 0.05) is 19.5 Å². The molecule has 1 aromatic heterocycles. The van der Waals surface area contributed by atoms with Gasteiger partial charge in [0.05, 0.1) is 5.69 Å². The Hall–Kier alpha value is -1.36. The third kappa shape index (κ3) is 5.65. The SMILES string of the molecule is CC(CC(=O)Nc1cc(CC(C)(C)C)nn1C)C1CCCNC1. The van der Waals surface area contributed by atoms with E-state index in [1.54, 1.807) is 4.68 Å². The molecule has 0 aliphatic carbocycles. The highest BCUT2D eigenvalue weighted by molar-refractivity contribution is 5.90. The first-order valence-corrected chi connectivity index (χ1v) is 8.78. The van der Waals surface area contributed by atoms with Crippen molar-refractivity contribution in [2.24, 2.45) is 24.3 Å². The highest BCUT2D eigenvalue weighted by Gasteiger charge is 2.22. The second kappa shape index (κ2) is 7.47. The predicted octanol–water partition coefficient (Wildman–Crippen LogP) is 2.97. The van der Waals surface area contributed by atoms with Crippen LogP contribution in [-0.2, 0) is 18.3 Å². The van der Waals surface area contributed by atoms with Crippen LogP contribution in [0.2, 0.25) is 0 Å². The van der Waals surface area contributed by atoms with E-state index in [4.69, 9.17) is 0 Å². The minimum atomic E-state index is 0.0911. The zero-order valence-corrected chi connectivity index (χ0v) is 15.3. The lowest BCUT2D eigenvalue weighted by atomic mass is 9.85. The molecule has 0 aromatic carbocycles. The van der Waals surface area contributed by atoms with Crippen molar-refractivity contribution in [1.29, 1.82) is 0 Å². The van der Waals surface area contributed by atoms with Crippen LogP contribution in [0.4, 0.5) is 5.82 Å². The lowest BCUT2D eigenvalue weighted by Gasteiger charge is -2.27. The Balaban J connectivity index is 1.89. The van der Waals surface area contributed by atoms with E-state index >= 15 is 0 Å². The van der Waals surface area contributed by atoms with E-state index in [0.29, 0.717) is 18.3 Å². The minimum Gasteiger partial charge on any atom is -0.316 e. The van der Waals surface area contributed by atoms with Crippen molar-refractivity contribution in [3.63, 3.8) is 0 Å². The Kier molecular flexibility index (Phi) is 5.84. The van der Waals surface area contributed by atoms with Crippen molar-refractivity contribution >= 4 is 11.7 Å². The average Bonchev–Trinajstić information content (AvgIpc) is 2.77. The summed E-state index contributed by atoms with van der Waals surface area (Å²) in [6, 6.07) is 2.00. The van der Waals surface area contributed by atoms with E-state index in [2.05, 4.69) is 43.4 Å². The average molecular weight is 320 g/mol. The minimum absolute atomic E-state index is 0.0911. The number of piperidine rings is 1. The van der Waals surface area contributed by atoms with Crippen molar-refractivity contribution < 1.29 is 4.79 Å². The van der Waals surface area contributed by atoms with E-state index in [-0.39, 0.29) is 11.3 Å². The van der Waals surface area contributed by atoms with Crippen molar-refractivity contribution in [2.75, 3.05) is 18.4 Å². The van der Waals surface area contributed by atoms with Crippen molar-refractivity contribution in [1.82, 2.24) is 15.1 Å². The monoisotopic (exact) mass is 320 g/mol. The molecule has 2 N–H and O–H groups in total. The standard InChI is InChI=1S/C18H32N4O/c1-13(14-7-6-8-19-12-14)9-17(23)20-16-10-15(21-22(16)5)11-18(2,3)4/h10,13-14,19H,6-9,11-12H2,1-5H3,(H,20,23). The van der Waals surface area contributed by atoms with Crippen LogP contribution >= 0.6 is 0 Å². The van der Waals surface area contributed by atoms with Gasteiger partial charge < -0.3 is 10.6 Å². The molecule has 2 heterocycles. The van der Waals surface area contributed by atoms with E-state index in [1.165, 1.54) is 12.8 Å². The first kappa shape index (κ1) is 18.0. The molecule has 1 saturated heterocycles. The van der Waals surface area contributed by atoms with Gasteiger partial charge in [0.1, 0.15) is 5.82 Å². The molecule has 0 bridgehead atoms. The lowest BCUT2D eigenvalue weighted by molar-refractivity contribution is -0.117. The van der Waals surface area contributed by atoms with Crippen molar-refractivity contribution in [3.05, 3.63) is 11.8 Å². The summed E-state index contributed by atoms with van der Waals surface area (Å²) in [6.45, 7) is 10.9. The lowest BCUT2D eigenvalue weighted by Crippen LogP contribution is -2.34. The van der Waals surface area contributed by atoms with Gasteiger partial charge in [0.15, 0.2) is 0 Å². The van der Waals surface area contributed by atoms with Gasteiger partial charge in [-0.1, -0.05) is 27.7 Å². The maximum absolute atomic E-state index is 12.3. The molecule has 0 spiro atoms. The molecule has 2 atom stereocenters. The third-order valence-corrected chi connectivity index (χ3v) is 4.56. The fourth-order valence-corrected chi connectivity index (χ4v) is 3.29. The van der Waals surface area contributed by atoms with E-state index in [0.717, 1.165) is 31.0 Å². The van der Waals surface area contributed by atoms with Crippen LogP contribution in [0.3, 0.4) is 0 Å². The Bertz CT molecular complexity index is 524. The second-order valence-corrected chi connectivity index (χ2v) is 8.22. The first-order valence-electron chi connectivity index (χ1n) is 8.78. The summed E-state index contributed by atoms with van der Waals surface area (Å²) in [5, 5.41) is 11.0. The highest BCUT2D eigenvalue weighted by atomic mass is 16.1. The number of hydrogen-bond acceptors (Lipinski definition) is 3. The molecule has 130 valence electrons. The zero-order valence-electron chi connectivity index (χ0n) is 15.3. The number of amides is 1. The highest BCUT2D eigenvalue weighted by Crippen LogP contribution is 2.24. The molecule has 5 heteroatoms. The molecule has 2 unspecified atom stereocenters. The first-order chi connectivity index (χ1) is 10.7. The van der Waals surface area contributed by atoms with Crippen LogP contribution in [0, 0.1) is 17.3 Å². The van der Waals surface area contributed by atoms with E-state index in [9.17, 15) is 4.79 Å². The van der Waals surface area contributed by atoms with Gasteiger partial charge in [-0.3, -0.25) is 9.48 Å². The van der Waals surface area contributed by atoms with Crippen LogP contribution in [0.5, 0.6) is 0 Å². The number of carbonyl (C=O) groups is 1. The number of aromatic nitrogens is 2. The summed E-state index contributed by atoms with van der Waals surface area (Å²) in [5.74, 6) is 1.90. The van der Waals surface area contributed by atoms with Gasteiger partial charge in [-0.2, -0.15) is 5.10 Å². The Morgan fingerprint density at radius 3 is 2.87 bits per heavy atom. The maximum Gasteiger partial charge on any atom is 0.225 e. The number of carbonyl (C=O) groups excluding carboxylic acids is 1. The number of hydrogen-bond donors (Lipinski definition) is 2. The van der Waals surface area contributed by atoms with Gasteiger partial charge in [0.25, 0.3) is 0 Å². The molecule has 1 fully saturated rings. The molecule has 23 heavy (non-hydrogen) atoms. The fraction of sp³-hybridized carbons (Fsp3) is 0.778. The predicted molar refractivity (Wildman–Crippen MR) is 94.4 cm³/mol. The topological polar surface area (TPSA) is 59.0 Å². The number of aryl methyl sites for hydroxylation is 1. The Labute approximate surface area is 140 Å². The van der Waals surface area contributed by atoms with Gasteiger partial charge in [-0.15, -0.1) is 0 Å². The molecule has 5 nitrogen and oxygen atoms in total. The van der Waals surface area contributed by atoms with Gasteiger partial charge in [0.2, 0.25) is 5.91 Å². The molecular weight excluding hydrogens is 288 g/mol. The van der Waals surface area contributed by atoms with Crippen LogP contribution in [0.1, 0.15) is 52.7 Å².